The Kier molecular flexibility index (Phi) is 5.13. The second-order valence-corrected chi connectivity index (χ2v) is 6.76. The van der Waals surface area contributed by atoms with E-state index in [1.54, 1.807) is 0 Å². The summed E-state index contributed by atoms with van der Waals surface area (Å²) < 4.78 is 0. The van der Waals surface area contributed by atoms with E-state index in [0.29, 0.717) is 6.54 Å². The number of benzene rings is 3. The first-order valence-corrected chi connectivity index (χ1v) is 9.22. The van der Waals surface area contributed by atoms with Crippen LogP contribution in [-0.4, -0.2) is 4.98 Å². The van der Waals surface area contributed by atoms with E-state index in [0.717, 1.165) is 35.0 Å². The molecule has 0 radical (unpaired) electrons. The van der Waals surface area contributed by atoms with Gasteiger partial charge in [0, 0.05) is 18.7 Å². The Morgan fingerprint density at radius 3 is 2.15 bits per heavy atom. The Morgan fingerprint density at radius 2 is 1.41 bits per heavy atom. The molecular weight excluding hydrogens is 332 g/mol. The van der Waals surface area contributed by atoms with Gasteiger partial charge in [0.15, 0.2) is 0 Å². The van der Waals surface area contributed by atoms with E-state index >= 15 is 0 Å². The van der Waals surface area contributed by atoms with Crippen LogP contribution in [0.3, 0.4) is 0 Å². The summed E-state index contributed by atoms with van der Waals surface area (Å²) in [6.07, 6.45) is 0.805. The first-order chi connectivity index (χ1) is 13.3. The second kappa shape index (κ2) is 8.02. The maximum Gasteiger partial charge on any atom is 0.252 e. The number of pyridine rings is 1. The molecule has 3 heteroatoms. The van der Waals surface area contributed by atoms with Gasteiger partial charge in [0.05, 0.1) is 5.52 Å². The van der Waals surface area contributed by atoms with E-state index in [-0.39, 0.29) is 5.56 Å². The number of aromatic nitrogens is 1. The van der Waals surface area contributed by atoms with Crippen LogP contribution >= 0.6 is 0 Å². The zero-order valence-corrected chi connectivity index (χ0v) is 15.1. The van der Waals surface area contributed by atoms with E-state index in [4.69, 9.17) is 0 Å². The van der Waals surface area contributed by atoms with Gasteiger partial charge < -0.3 is 10.3 Å². The molecule has 1 aromatic heterocycles. The Morgan fingerprint density at radius 1 is 0.704 bits per heavy atom. The number of nitrogens with one attached hydrogen (secondary N) is 2. The quantitative estimate of drug-likeness (QED) is 0.539. The molecule has 0 bridgehead atoms. The molecule has 0 saturated carbocycles. The summed E-state index contributed by atoms with van der Waals surface area (Å²) in [7, 11) is 0. The van der Waals surface area contributed by atoms with Crippen LogP contribution in [0.4, 0.5) is 0 Å². The Labute approximate surface area is 158 Å². The van der Waals surface area contributed by atoms with Crippen LogP contribution in [0.15, 0.2) is 89.7 Å². The summed E-state index contributed by atoms with van der Waals surface area (Å²) >= 11 is 0. The zero-order valence-electron chi connectivity index (χ0n) is 15.1. The Hall–Kier alpha value is -3.17. The van der Waals surface area contributed by atoms with Crippen LogP contribution in [-0.2, 0) is 19.5 Å². The maximum absolute atomic E-state index is 12.6. The first-order valence-electron chi connectivity index (χ1n) is 9.22. The van der Waals surface area contributed by atoms with Crippen LogP contribution in [0.5, 0.6) is 0 Å². The van der Waals surface area contributed by atoms with Crippen LogP contribution in [0.25, 0.3) is 10.9 Å². The highest BCUT2D eigenvalue weighted by Gasteiger charge is 2.07. The third-order valence-electron chi connectivity index (χ3n) is 4.77. The van der Waals surface area contributed by atoms with Crippen LogP contribution in [0.2, 0.25) is 0 Å². The van der Waals surface area contributed by atoms with Gasteiger partial charge in [-0.2, -0.15) is 0 Å². The van der Waals surface area contributed by atoms with Crippen molar-refractivity contribution in [1.29, 1.82) is 0 Å². The average molecular weight is 354 g/mol. The van der Waals surface area contributed by atoms with E-state index in [2.05, 4.69) is 52.8 Å². The number of fused-ring (bicyclic) bond motifs is 1. The minimum Gasteiger partial charge on any atom is -0.321 e. The van der Waals surface area contributed by atoms with Crippen molar-refractivity contribution in [2.75, 3.05) is 0 Å². The van der Waals surface area contributed by atoms with Crippen molar-refractivity contribution in [3.05, 3.63) is 118 Å². The molecular formula is C24H22N2O. The van der Waals surface area contributed by atoms with E-state index < -0.39 is 0 Å². The van der Waals surface area contributed by atoms with E-state index in [1.807, 2.05) is 42.5 Å². The summed E-state index contributed by atoms with van der Waals surface area (Å²) in [4.78, 5) is 15.7. The fourth-order valence-corrected chi connectivity index (χ4v) is 3.37. The van der Waals surface area contributed by atoms with Crippen molar-refractivity contribution >= 4 is 10.9 Å². The van der Waals surface area contributed by atoms with Crippen molar-refractivity contribution in [2.24, 2.45) is 0 Å². The van der Waals surface area contributed by atoms with Gasteiger partial charge in [0.1, 0.15) is 0 Å². The van der Waals surface area contributed by atoms with Gasteiger partial charge in [-0.3, -0.25) is 4.79 Å². The Bertz CT molecular complexity index is 1090. The summed E-state index contributed by atoms with van der Waals surface area (Å²) in [6, 6.07) is 28.7. The minimum absolute atomic E-state index is 0.0245. The van der Waals surface area contributed by atoms with Crippen molar-refractivity contribution in [3.8, 4) is 0 Å². The van der Waals surface area contributed by atoms with Gasteiger partial charge in [0.25, 0.3) is 5.56 Å². The van der Waals surface area contributed by atoms with Crippen molar-refractivity contribution in [2.45, 2.75) is 19.5 Å². The summed E-state index contributed by atoms with van der Waals surface area (Å²) in [6.45, 7) is 1.29. The molecule has 2 N–H and O–H groups in total. The highest BCUT2D eigenvalue weighted by molar-refractivity contribution is 5.82. The normalized spacial score (nSPS) is 11.0. The molecule has 0 fully saturated rings. The lowest BCUT2D eigenvalue weighted by Gasteiger charge is -2.09. The molecule has 4 aromatic rings. The lowest BCUT2D eigenvalue weighted by Crippen LogP contribution is -2.21. The van der Waals surface area contributed by atoms with Gasteiger partial charge in [-0.25, -0.2) is 0 Å². The van der Waals surface area contributed by atoms with Crippen LogP contribution in [0, 0.1) is 0 Å². The van der Waals surface area contributed by atoms with Gasteiger partial charge >= 0.3 is 0 Å². The number of H-pyrrole nitrogens is 1. The number of rotatable bonds is 6. The number of hydrogen-bond donors (Lipinski definition) is 2. The number of para-hydroxylation sites is 1. The van der Waals surface area contributed by atoms with Crippen LogP contribution in [0.1, 0.15) is 22.3 Å². The largest absolute Gasteiger partial charge is 0.321 e. The monoisotopic (exact) mass is 354 g/mol. The summed E-state index contributed by atoms with van der Waals surface area (Å²) in [5.41, 5.74) is 5.25. The molecule has 0 aliphatic carbocycles. The van der Waals surface area contributed by atoms with Crippen molar-refractivity contribution in [1.82, 2.24) is 10.3 Å². The van der Waals surface area contributed by atoms with Crippen LogP contribution < -0.4 is 10.9 Å². The predicted octanol–water partition coefficient (Wildman–Crippen LogP) is 4.41. The maximum atomic E-state index is 12.6. The molecule has 0 aliphatic rings. The third-order valence-corrected chi connectivity index (χ3v) is 4.77. The standard InChI is InChI=1S/C24H22N2O/c27-24-22(17-25-16-19-10-5-2-6-11-19)15-21-13-7-12-20(23(21)26-24)14-18-8-3-1-4-9-18/h1-13,15,25H,14,16-17H2,(H,26,27). The molecule has 0 unspecified atom stereocenters. The molecule has 3 nitrogen and oxygen atoms in total. The average Bonchev–Trinajstić information content (AvgIpc) is 2.71. The molecule has 0 atom stereocenters. The van der Waals surface area contributed by atoms with Gasteiger partial charge in [0.2, 0.25) is 0 Å². The molecule has 4 rings (SSSR count). The van der Waals surface area contributed by atoms with Gasteiger partial charge in [-0.05, 0) is 34.6 Å². The predicted molar refractivity (Wildman–Crippen MR) is 111 cm³/mol. The van der Waals surface area contributed by atoms with Gasteiger partial charge in [-0.15, -0.1) is 0 Å². The summed E-state index contributed by atoms with van der Waals surface area (Å²) in [5.74, 6) is 0. The van der Waals surface area contributed by atoms with E-state index in [9.17, 15) is 4.79 Å². The molecule has 134 valence electrons. The molecule has 27 heavy (non-hydrogen) atoms. The SMILES string of the molecule is O=c1[nH]c2c(Cc3ccccc3)cccc2cc1CNCc1ccccc1. The fourth-order valence-electron chi connectivity index (χ4n) is 3.37. The third kappa shape index (κ3) is 4.15. The molecule has 0 spiro atoms. The number of hydrogen-bond acceptors (Lipinski definition) is 2. The number of aromatic amines is 1. The molecule has 0 aliphatic heterocycles. The highest BCUT2D eigenvalue weighted by Crippen LogP contribution is 2.19. The van der Waals surface area contributed by atoms with E-state index in [1.165, 1.54) is 11.1 Å². The molecule has 0 amide bonds. The van der Waals surface area contributed by atoms with Crippen molar-refractivity contribution in [3.63, 3.8) is 0 Å². The minimum atomic E-state index is -0.0245. The summed E-state index contributed by atoms with van der Waals surface area (Å²) in [5, 5.41) is 4.43. The lowest BCUT2D eigenvalue weighted by molar-refractivity contribution is 0.688. The zero-order chi connectivity index (χ0) is 18.5. The fraction of sp³-hybridized carbons (Fsp3) is 0.125. The highest BCUT2D eigenvalue weighted by atomic mass is 16.1. The Balaban J connectivity index is 1.56. The molecule has 0 saturated heterocycles. The van der Waals surface area contributed by atoms with Crippen molar-refractivity contribution < 1.29 is 0 Å². The smallest absolute Gasteiger partial charge is 0.252 e. The van der Waals surface area contributed by atoms with Gasteiger partial charge in [-0.1, -0.05) is 78.9 Å². The topological polar surface area (TPSA) is 44.9 Å². The lowest BCUT2D eigenvalue weighted by atomic mass is 10.0. The molecule has 3 aromatic carbocycles. The first kappa shape index (κ1) is 17.3. The molecule has 1 heterocycles. The second-order valence-electron chi connectivity index (χ2n) is 6.76.